The minimum Gasteiger partial charge on any atom is -0.379 e. The molecule has 0 spiro atoms. The molecule has 24 heavy (non-hydrogen) atoms. The summed E-state index contributed by atoms with van der Waals surface area (Å²) < 4.78 is 30.5. The Hall–Kier alpha value is -1.51. The number of nitrogens with zero attached hydrogens (tertiary/aromatic N) is 2. The second-order valence-corrected chi connectivity index (χ2v) is 8.03. The molecule has 1 fully saturated rings. The molecule has 8 heteroatoms. The molecule has 0 bridgehead atoms. The highest BCUT2D eigenvalue weighted by Gasteiger charge is 2.31. The number of amides is 1. The number of sulfonamides is 1. The van der Waals surface area contributed by atoms with Crippen LogP contribution in [0.4, 0.5) is 0 Å². The van der Waals surface area contributed by atoms with E-state index in [1.54, 1.807) is 11.0 Å². The highest BCUT2D eigenvalue weighted by molar-refractivity contribution is 7.88. The van der Waals surface area contributed by atoms with Gasteiger partial charge in [-0.05, 0) is 32.4 Å². The van der Waals surface area contributed by atoms with Crippen LogP contribution in [0.3, 0.4) is 0 Å². The van der Waals surface area contributed by atoms with Gasteiger partial charge in [-0.2, -0.15) is 0 Å². The Morgan fingerprint density at radius 1 is 1.46 bits per heavy atom. The largest absolute Gasteiger partial charge is 0.379 e. The highest BCUT2D eigenvalue weighted by atomic mass is 32.2. The summed E-state index contributed by atoms with van der Waals surface area (Å²) in [6.07, 6.45) is 1.75. The van der Waals surface area contributed by atoms with Crippen molar-refractivity contribution in [2.75, 3.05) is 32.6 Å². The molecule has 1 aliphatic heterocycles. The van der Waals surface area contributed by atoms with Gasteiger partial charge in [0.1, 0.15) is 5.69 Å². The van der Waals surface area contributed by atoms with Crippen molar-refractivity contribution in [3.05, 3.63) is 29.6 Å². The second-order valence-electron chi connectivity index (χ2n) is 6.19. The Morgan fingerprint density at radius 3 is 2.88 bits per heavy atom. The molecular weight excluding hydrogens is 330 g/mol. The molecule has 0 saturated carbocycles. The van der Waals surface area contributed by atoms with Gasteiger partial charge in [0, 0.05) is 30.7 Å². The zero-order chi connectivity index (χ0) is 17.7. The van der Waals surface area contributed by atoms with Gasteiger partial charge < -0.3 is 9.64 Å². The summed E-state index contributed by atoms with van der Waals surface area (Å²) >= 11 is 0. The number of ether oxygens (including phenoxy) is 1. The molecule has 0 aliphatic carbocycles. The summed E-state index contributed by atoms with van der Waals surface area (Å²) in [5, 5.41) is 0. The van der Waals surface area contributed by atoms with Crippen molar-refractivity contribution >= 4 is 15.9 Å². The third kappa shape index (κ3) is 5.25. The Morgan fingerprint density at radius 2 is 2.21 bits per heavy atom. The topological polar surface area (TPSA) is 88.6 Å². The molecule has 0 radical (unpaired) electrons. The average Bonchev–Trinajstić information content (AvgIpc) is 2.68. The predicted octanol–water partition coefficient (Wildman–Crippen LogP) is 0.806. The predicted molar refractivity (Wildman–Crippen MR) is 91.2 cm³/mol. The quantitative estimate of drug-likeness (QED) is 0.844. The van der Waals surface area contributed by atoms with E-state index in [1.807, 2.05) is 26.0 Å². The molecule has 2 rings (SSSR count). The first-order valence-corrected chi connectivity index (χ1v) is 9.94. The number of carbonyl (C=O) groups is 1. The van der Waals surface area contributed by atoms with Gasteiger partial charge in [-0.25, -0.2) is 18.1 Å². The lowest BCUT2D eigenvalue weighted by Gasteiger charge is -2.31. The fourth-order valence-electron chi connectivity index (χ4n) is 2.85. The molecule has 7 nitrogen and oxygen atoms in total. The van der Waals surface area contributed by atoms with Crippen LogP contribution >= 0.6 is 0 Å². The van der Waals surface area contributed by atoms with E-state index in [2.05, 4.69) is 9.71 Å². The molecule has 2 heterocycles. The summed E-state index contributed by atoms with van der Waals surface area (Å²) in [5.41, 5.74) is 1.23. The first kappa shape index (κ1) is 18.8. The maximum absolute atomic E-state index is 12.8. The zero-order valence-electron chi connectivity index (χ0n) is 14.4. The van der Waals surface area contributed by atoms with Crippen LogP contribution in [-0.2, 0) is 14.8 Å². The summed E-state index contributed by atoms with van der Waals surface area (Å²) in [6.45, 7) is 5.65. The third-order valence-corrected chi connectivity index (χ3v) is 4.96. The van der Waals surface area contributed by atoms with Gasteiger partial charge in [0.2, 0.25) is 10.0 Å². The fourth-order valence-corrected chi connectivity index (χ4v) is 3.33. The van der Waals surface area contributed by atoms with Gasteiger partial charge >= 0.3 is 0 Å². The molecular formula is C16H25N3O4S. The molecule has 1 N–H and O–H groups in total. The molecule has 0 unspecified atom stereocenters. The monoisotopic (exact) mass is 355 g/mol. The average molecular weight is 355 g/mol. The summed E-state index contributed by atoms with van der Waals surface area (Å²) in [5.74, 6) is -0.0479. The molecule has 0 aromatic carbocycles. The lowest BCUT2D eigenvalue weighted by atomic mass is 9.97. The van der Waals surface area contributed by atoms with Gasteiger partial charge in [-0.1, -0.05) is 6.07 Å². The SMILES string of the molecule is Cc1cccc(C(=O)N2CCOC[C@@H](CCNS(C)(=O)=O)[C@@H]2C)n1. The number of pyridine rings is 1. The minimum atomic E-state index is -3.21. The Balaban J connectivity index is 2.07. The maximum atomic E-state index is 12.8. The van der Waals surface area contributed by atoms with Crippen LogP contribution < -0.4 is 4.72 Å². The van der Waals surface area contributed by atoms with Crippen LogP contribution in [0, 0.1) is 12.8 Å². The van der Waals surface area contributed by atoms with Crippen LogP contribution in [0.5, 0.6) is 0 Å². The lowest BCUT2D eigenvalue weighted by molar-refractivity contribution is 0.0652. The number of aromatic nitrogens is 1. The van der Waals surface area contributed by atoms with Crippen LogP contribution in [-0.4, -0.2) is 62.8 Å². The van der Waals surface area contributed by atoms with Gasteiger partial charge in [0.25, 0.3) is 5.91 Å². The van der Waals surface area contributed by atoms with E-state index in [1.165, 1.54) is 0 Å². The molecule has 1 aromatic heterocycles. The van der Waals surface area contributed by atoms with Gasteiger partial charge in [0.05, 0.1) is 19.5 Å². The van der Waals surface area contributed by atoms with Crippen molar-refractivity contribution in [1.82, 2.24) is 14.6 Å². The van der Waals surface area contributed by atoms with E-state index in [4.69, 9.17) is 4.74 Å². The van der Waals surface area contributed by atoms with E-state index in [-0.39, 0.29) is 17.9 Å². The number of hydrogen-bond donors (Lipinski definition) is 1. The molecule has 2 atom stereocenters. The standard InChI is InChI=1S/C16H25N3O4S/c1-12-5-4-6-15(18-12)16(20)19-9-10-23-11-14(13(19)2)7-8-17-24(3,21)22/h4-6,13-14,17H,7-11H2,1-3H3/t13-,14+/m0/s1. The third-order valence-electron chi connectivity index (χ3n) is 4.23. The van der Waals surface area contributed by atoms with Crippen molar-refractivity contribution in [3.63, 3.8) is 0 Å². The molecule has 1 amide bonds. The van der Waals surface area contributed by atoms with Crippen molar-refractivity contribution in [3.8, 4) is 0 Å². The first-order chi connectivity index (χ1) is 11.3. The fraction of sp³-hybridized carbons (Fsp3) is 0.625. The van der Waals surface area contributed by atoms with Crippen LogP contribution in [0.25, 0.3) is 0 Å². The second kappa shape index (κ2) is 8.04. The Kier molecular flexibility index (Phi) is 6.31. The molecule has 1 saturated heterocycles. The van der Waals surface area contributed by atoms with Crippen molar-refractivity contribution in [2.24, 2.45) is 5.92 Å². The summed E-state index contributed by atoms with van der Waals surface area (Å²) in [6, 6.07) is 5.34. The van der Waals surface area contributed by atoms with Crippen molar-refractivity contribution < 1.29 is 17.9 Å². The van der Waals surface area contributed by atoms with Crippen LogP contribution in [0.2, 0.25) is 0 Å². The van der Waals surface area contributed by atoms with E-state index in [0.29, 0.717) is 38.4 Å². The summed E-state index contributed by atoms with van der Waals surface area (Å²) in [7, 11) is -3.21. The molecule has 1 aromatic rings. The minimum absolute atomic E-state index is 0.0522. The van der Waals surface area contributed by atoms with E-state index in [9.17, 15) is 13.2 Å². The van der Waals surface area contributed by atoms with Gasteiger partial charge in [-0.15, -0.1) is 0 Å². The maximum Gasteiger partial charge on any atom is 0.272 e. The Labute approximate surface area is 143 Å². The number of carbonyl (C=O) groups excluding carboxylic acids is 1. The van der Waals surface area contributed by atoms with Gasteiger partial charge in [0.15, 0.2) is 0 Å². The van der Waals surface area contributed by atoms with Crippen LogP contribution in [0.15, 0.2) is 18.2 Å². The van der Waals surface area contributed by atoms with Crippen LogP contribution in [0.1, 0.15) is 29.5 Å². The molecule has 134 valence electrons. The van der Waals surface area contributed by atoms with E-state index < -0.39 is 10.0 Å². The smallest absolute Gasteiger partial charge is 0.272 e. The Bertz CT molecular complexity index is 678. The van der Waals surface area contributed by atoms with Crippen molar-refractivity contribution in [1.29, 1.82) is 0 Å². The number of nitrogens with one attached hydrogen (secondary N) is 1. The summed E-state index contributed by atoms with van der Waals surface area (Å²) in [4.78, 5) is 18.9. The lowest BCUT2D eigenvalue weighted by Crippen LogP contribution is -2.44. The highest BCUT2D eigenvalue weighted by Crippen LogP contribution is 2.20. The first-order valence-electron chi connectivity index (χ1n) is 8.05. The van der Waals surface area contributed by atoms with E-state index >= 15 is 0 Å². The zero-order valence-corrected chi connectivity index (χ0v) is 15.2. The number of aryl methyl sites for hydroxylation is 1. The molecule has 1 aliphatic rings. The van der Waals surface area contributed by atoms with Crippen molar-refractivity contribution in [2.45, 2.75) is 26.3 Å². The number of hydrogen-bond acceptors (Lipinski definition) is 5. The van der Waals surface area contributed by atoms with E-state index in [0.717, 1.165) is 11.9 Å². The number of rotatable bonds is 5. The normalized spacial score (nSPS) is 22.2. The van der Waals surface area contributed by atoms with Gasteiger partial charge in [-0.3, -0.25) is 4.79 Å².